The summed E-state index contributed by atoms with van der Waals surface area (Å²) in [5.41, 5.74) is 4.45. The van der Waals surface area contributed by atoms with E-state index >= 15 is 0 Å². The molecule has 2 bridgehead atoms. The lowest BCUT2D eigenvalue weighted by molar-refractivity contribution is -0.0755. The summed E-state index contributed by atoms with van der Waals surface area (Å²) in [6.45, 7) is 1.18. The van der Waals surface area contributed by atoms with Crippen molar-refractivity contribution in [1.29, 1.82) is 0 Å². The molecule has 3 aliphatic rings. The maximum atomic E-state index is 13.1. The summed E-state index contributed by atoms with van der Waals surface area (Å²) in [7, 11) is 0. The second kappa shape index (κ2) is 7.64. The van der Waals surface area contributed by atoms with Crippen molar-refractivity contribution in [3.63, 3.8) is 0 Å². The Balaban J connectivity index is 1.26. The van der Waals surface area contributed by atoms with Crippen molar-refractivity contribution in [3.8, 4) is 0 Å². The molecule has 2 aromatic rings. The summed E-state index contributed by atoms with van der Waals surface area (Å²) < 4.78 is 11.3. The van der Waals surface area contributed by atoms with Crippen LogP contribution in [0.2, 0.25) is 0 Å². The van der Waals surface area contributed by atoms with Crippen LogP contribution >= 0.6 is 0 Å². The number of morpholine rings is 1. The van der Waals surface area contributed by atoms with Gasteiger partial charge in [0.15, 0.2) is 5.78 Å². The summed E-state index contributed by atoms with van der Waals surface area (Å²) >= 11 is 0. The molecule has 0 N–H and O–H groups in total. The van der Waals surface area contributed by atoms with Crippen LogP contribution in [0.5, 0.6) is 0 Å². The van der Waals surface area contributed by atoms with Crippen molar-refractivity contribution < 1.29 is 19.1 Å². The van der Waals surface area contributed by atoms with E-state index < -0.39 is 0 Å². The van der Waals surface area contributed by atoms with Crippen LogP contribution < -0.4 is 0 Å². The molecule has 2 unspecified atom stereocenters. The zero-order valence-electron chi connectivity index (χ0n) is 16.4. The van der Waals surface area contributed by atoms with Crippen LogP contribution in [-0.2, 0) is 28.9 Å². The van der Waals surface area contributed by atoms with Gasteiger partial charge in [0.1, 0.15) is 6.61 Å². The third kappa shape index (κ3) is 3.55. The molecule has 150 valence electrons. The van der Waals surface area contributed by atoms with E-state index in [9.17, 15) is 9.59 Å². The number of hydrogen-bond acceptors (Lipinski definition) is 4. The Kier molecular flexibility index (Phi) is 4.84. The smallest absolute Gasteiger partial charge is 0.410 e. The Bertz CT molecular complexity index is 912. The molecule has 1 aliphatic carbocycles. The zero-order valence-corrected chi connectivity index (χ0v) is 16.4. The number of benzene rings is 2. The zero-order chi connectivity index (χ0) is 19.8. The number of hydrogen-bond donors (Lipinski definition) is 0. The van der Waals surface area contributed by atoms with Crippen molar-refractivity contribution in [3.05, 3.63) is 70.8 Å². The lowest BCUT2D eigenvalue weighted by atomic mass is 9.79. The van der Waals surface area contributed by atoms with E-state index in [2.05, 4.69) is 12.1 Å². The predicted octanol–water partition coefficient (Wildman–Crippen LogP) is 3.78. The van der Waals surface area contributed by atoms with Gasteiger partial charge in [-0.25, -0.2) is 4.79 Å². The van der Waals surface area contributed by atoms with Crippen LogP contribution in [0.4, 0.5) is 4.79 Å². The molecular formula is C24H25NO4. The predicted molar refractivity (Wildman–Crippen MR) is 108 cm³/mol. The minimum absolute atomic E-state index is 0.0646. The Morgan fingerprint density at radius 2 is 1.69 bits per heavy atom. The maximum absolute atomic E-state index is 13.1. The number of piperidine rings is 1. The van der Waals surface area contributed by atoms with Crippen molar-refractivity contribution in [1.82, 2.24) is 4.90 Å². The second-order valence-corrected chi connectivity index (χ2v) is 8.31. The van der Waals surface area contributed by atoms with Gasteiger partial charge in [-0.3, -0.25) is 9.69 Å². The van der Waals surface area contributed by atoms with Crippen LogP contribution in [0.15, 0.2) is 48.5 Å². The number of carbonyl (C=O) groups is 2. The van der Waals surface area contributed by atoms with Crippen molar-refractivity contribution in [2.45, 2.75) is 44.4 Å². The molecule has 2 aliphatic heterocycles. The lowest BCUT2D eigenvalue weighted by Gasteiger charge is -2.47. The van der Waals surface area contributed by atoms with Crippen LogP contribution in [0, 0.1) is 5.92 Å². The number of rotatable bonds is 4. The first-order valence-electron chi connectivity index (χ1n) is 10.4. The molecule has 2 aromatic carbocycles. The molecule has 2 heterocycles. The number of amides is 1. The maximum Gasteiger partial charge on any atom is 0.410 e. The molecule has 0 radical (unpaired) electrons. The molecule has 5 nitrogen and oxygen atoms in total. The number of nitrogens with zero attached hydrogens (tertiary/aromatic N) is 1. The Hall–Kier alpha value is -2.66. The summed E-state index contributed by atoms with van der Waals surface area (Å²) in [6.07, 6.45) is 3.15. The standard InChI is InChI=1S/C24H25NO4/c26-23(19-9-7-17-6-8-18(17)10-19)20-11-21-14-28-15-22(12-20)25(21)24(27)29-13-16-4-2-1-3-5-16/h1-5,7,9-10,20-22H,6,8,11-15H2. The molecule has 0 spiro atoms. The molecule has 29 heavy (non-hydrogen) atoms. The number of ether oxygens (including phenoxy) is 2. The molecule has 5 heteroatoms. The topological polar surface area (TPSA) is 55.8 Å². The quantitative estimate of drug-likeness (QED) is 0.745. The highest BCUT2D eigenvalue weighted by atomic mass is 16.6. The first kappa shape index (κ1) is 18.4. The van der Waals surface area contributed by atoms with Gasteiger partial charge >= 0.3 is 6.09 Å². The van der Waals surface area contributed by atoms with E-state index in [1.54, 1.807) is 0 Å². The lowest BCUT2D eigenvalue weighted by Crippen LogP contribution is -2.59. The molecular weight excluding hydrogens is 366 g/mol. The minimum atomic E-state index is -0.306. The van der Waals surface area contributed by atoms with E-state index in [0.717, 1.165) is 24.0 Å². The van der Waals surface area contributed by atoms with Gasteiger partial charge in [-0.15, -0.1) is 0 Å². The molecule has 0 aromatic heterocycles. The summed E-state index contributed by atoms with van der Waals surface area (Å²) in [4.78, 5) is 27.7. The number of Topliss-reactive ketones (excluding diaryl/α,β-unsaturated/α-hetero) is 1. The Morgan fingerprint density at radius 3 is 2.34 bits per heavy atom. The van der Waals surface area contributed by atoms with Gasteiger partial charge in [-0.2, -0.15) is 0 Å². The fraction of sp³-hybridized carbons (Fsp3) is 0.417. The van der Waals surface area contributed by atoms with Gasteiger partial charge in [0, 0.05) is 11.5 Å². The van der Waals surface area contributed by atoms with Gasteiger partial charge in [-0.05, 0) is 48.4 Å². The number of carbonyl (C=O) groups excluding carboxylic acids is 2. The van der Waals surface area contributed by atoms with Gasteiger partial charge < -0.3 is 9.47 Å². The molecule has 0 saturated carbocycles. The second-order valence-electron chi connectivity index (χ2n) is 8.31. The number of fused-ring (bicyclic) bond motifs is 3. The third-order valence-corrected chi connectivity index (χ3v) is 6.46. The van der Waals surface area contributed by atoms with Crippen LogP contribution in [0.25, 0.3) is 0 Å². The van der Waals surface area contributed by atoms with E-state index in [1.165, 1.54) is 11.1 Å². The van der Waals surface area contributed by atoms with E-state index in [1.807, 2.05) is 41.3 Å². The average molecular weight is 391 g/mol. The fourth-order valence-corrected chi connectivity index (χ4v) is 4.81. The fourth-order valence-electron chi connectivity index (χ4n) is 4.81. The van der Waals surface area contributed by atoms with Crippen LogP contribution in [0.3, 0.4) is 0 Å². The Morgan fingerprint density at radius 1 is 0.966 bits per heavy atom. The van der Waals surface area contributed by atoms with Gasteiger partial charge in [0.05, 0.1) is 25.3 Å². The van der Waals surface area contributed by atoms with Gasteiger partial charge in [0.25, 0.3) is 0 Å². The summed E-state index contributed by atoms with van der Waals surface area (Å²) in [5.74, 6) is 0.138. The van der Waals surface area contributed by atoms with Crippen molar-refractivity contribution in [2.24, 2.45) is 5.92 Å². The van der Waals surface area contributed by atoms with Gasteiger partial charge in [0.2, 0.25) is 0 Å². The number of aryl methyl sites for hydroxylation is 2. The average Bonchev–Trinajstić information content (AvgIpc) is 2.72. The van der Waals surface area contributed by atoms with Crippen LogP contribution in [-0.4, -0.2) is 42.1 Å². The minimum Gasteiger partial charge on any atom is -0.445 e. The molecule has 2 atom stereocenters. The molecule has 1 amide bonds. The highest BCUT2D eigenvalue weighted by Crippen LogP contribution is 2.35. The van der Waals surface area contributed by atoms with Gasteiger partial charge in [-0.1, -0.05) is 42.5 Å². The SMILES string of the molecule is O=C(c1ccc2c(c1)CC2)C1CC2COCC(C1)N2C(=O)OCc1ccccc1. The normalized spacial score (nSPS) is 25.0. The monoisotopic (exact) mass is 391 g/mol. The first-order valence-corrected chi connectivity index (χ1v) is 10.4. The van der Waals surface area contributed by atoms with Crippen molar-refractivity contribution in [2.75, 3.05) is 13.2 Å². The molecule has 2 fully saturated rings. The summed E-state index contributed by atoms with van der Waals surface area (Å²) in [6, 6.07) is 15.6. The van der Waals surface area contributed by atoms with Crippen molar-refractivity contribution >= 4 is 11.9 Å². The molecule has 2 saturated heterocycles. The summed E-state index contributed by atoms with van der Waals surface area (Å²) in [5, 5.41) is 0. The van der Waals surface area contributed by atoms with E-state index in [0.29, 0.717) is 26.1 Å². The van der Waals surface area contributed by atoms with E-state index in [4.69, 9.17) is 9.47 Å². The van der Waals surface area contributed by atoms with Crippen LogP contribution in [0.1, 0.15) is 39.9 Å². The molecule has 5 rings (SSSR count). The van der Waals surface area contributed by atoms with E-state index in [-0.39, 0.29) is 36.5 Å². The Labute approximate surface area is 170 Å². The first-order chi connectivity index (χ1) is 14.2. The number of ketones is 1. The third-order valence-electron chi connectivity index (χ3n) is 6.46. The largest absolute Gasteiger partial charge is 0.445 e. The highest BCUT2D eigenvalue weighted by molar-refractivity contribution is 5.98. The highest BCUT2D eigenvalue weighted by Gasteiger charge is 2.44.